The molecule has 0 aliphatic carbocycles. The first-order chi connectivity index (χ1) is 7.36. The number of piperidine rings is 1. The molecule has 0 atom stereocenters. The minimum absolute atomic E-state index is 0.862. The normalized spacial score (nSPS) is 24.7. The summed E-state index contributed by atoms with van der Waals surface area (Å²) in [6, 6.07) is 0.862. The zero-order chi connectivity index (χ0) is 11.1. The average molecular weight is 210 g/mol. The Kier molecular flexibility index (Phi) is 5.96. The maximum Gasteiger partial charge on any atom is 0.0166 e. The molecule has 0 aromatic carbocycles. The van der Waals surface area contributed by atoms with Gasteiger partial charge in [0.25, 0.3) is 0 Å². The Bertz CT molecular complexity index is 181. The predicted octanol–water partition coefficient (Wildman–Crippen LogP) is 2.37. The summed E-state index contributed by atoms with van der Waals surface area (Å²) >= 11 is 0. The van der Waals surface area contributed by atoms with Gasteiger partial charge in [-0.05, 0) is 39.4 Å². The lowest BCUT2D eigenvalue weighted by Gasteiger charge is -2.37. The van der Waals surface area contributed by atoms with E-state index in [0.717, 1.165) is 6.04 Å². The van der Waals surface area contributed by atoms with Crippen LogP contribution in [-0.4, -0.2) is 49.1 Å². The quantitative estimate of drug-likeness (QED) is 0.613. The molecule has 0 aromatic heterocycles. The van der Waals surface area contributed by atoms with Crippen LogP contribution in [0.4, 0.5) is 0 Å². The van der Waals surface area contributed by atoms with E-state index in [1.165, 1.54) is 45.4 Å². The Balaban J connectivity index is 0.000000531. The van der Waals surface area contributed by atoms with Crippen LogP contribution in [0.2, 0.25) is 0 Å². The molecule has 0 radical (unpaired) electrons. The lowest BCUT2D eigenvalue weighted by Crippen LogP contribution is -2.44. The van der Waals surface area contributed by atoms with Gasteiger partial charge in [-0.15, -0.1) is 0 Å². The summed E-state index contributed by atoms with van der Waals surface area (Å²) in [6.07, 6.45) is 8.62. The van der Waals surface area contributed by atoms with E-state index in [1.807, 2.05) is 13.8 Å². The number of nitrogens with zero attached hydrogens (tertiary/aromatic N) is 2. The second-order valence-electron chi connectivity index (χ2n) is 4.29. The van der Waals surface area contributed by atoms with Crippen molar-refractivity contribution in [2.75, 3.05) is 33.2 Å². The van der Waals surface area contributed by atoms with Gasteiger partial charge in [-0.1, -0.05) is 26.0 Å². The number of hydrogen-bond donors (Lipinski definition) is 0. The predicted molar refractivity (Wildman–Crippen MR) is 67.2 cm³/mol. The van der Waals surface area contributed by atoms with Gasteiger partial charge in [-0.2, -0.15) is 0 Å². The Morgan fingerprint density at radius 3 is 2.20 bits per heavy atom. The highest BCUT2D eigenvalue weighted by Crippen LogP contribution is 2.17. The number of hydrogen-bond acceptors (Lipinski definition) is 2. The van der Waals surface area contributed by atoms with E-state index < -0.39 is 0 Å². The zero-order valence-electron chi connectivity index (χ0n) is 10.6. The molecule has 0 unspecified atom stereocenters. The van der Waals surface area contributed by atoms with Crippen molar-refractivity contribution in [3.8, 4) is 0 Å². The monoisotopic (exact) mass is 210 g/mol. The van der Waals surface area contributed by atoms with Gasteiger partial charge in [-0.3, -0.25) is 4.90 Å². The summed E-state index contributed by atoms with van der Waals surface area (Å²) in [7, 11) is 2.23. The first-order valence-corrected chi connectivity index (χ1v) is 6.44. The highest BCUT2D eigenvalue weighted by atomic mass is 15.2. The molecular formula is C13H26N2. The topological polar surface area (TPSA) is 6.48 Å². The fourth-order valence-corrected chi connectivity index (χ4v) is 2.35. The average Bonchev–Trinajstić information content (AvgIpc) is 2.34. The fraction of sp³-hybridized carbons (Fsp3) is 0.846. The van der Waals surface area contributed by atoms with Crippen molar-refractivity contribution in [1.29, 1.82) is 0 Å². The Labute approximate surface area is 94.9 Å². The van der Waals surface area contributed by atoms with Crippen LogP contribution in [-0.2, 0) is 0 Å². The lowest BCUT2D eigenvalue weighted by molar-refractivity contribution is 0.130. The van der Waals surface area contributed by atoms with Crippen molar-refractivity contribution < 1.29 is 0 Å². The maximum absolute atomic E-state index is 2.65. The molecule has 0 N–H and O–H groups in total. The SMILES string of the molecule is CC.CN1CCC(N2CC=CCC2)CC1. The smallest absolute Gasteiger partial charge is 0.0166 e. The molecule has 2 heterocycles. The van der Waals surface area contributed by atoms with Gasteiger partial charge in [0.2, 0.25) is 0 Å². The third-order valence-electron chi connectivity index (χ3n) is 3.29. The zero-order valence-corrected chi connectivity index (χ0v) is 10.6. The molecule has 0 spiro atoms. The second-order valence-corrected chi connectivity index (χ2v) is 4.29. The van der Waals surface area contributed by atoms with Crippen LogP contribution < -0.4 is 0 Å². The van der Waals surface area contributed by atoms with Gasteiger partial charge < -0.3 is 4.90 Å². The molecule has 2 heteroatoms. The second kappa shape index (κ2) is 7.02. The van der Waals surface area contributed by atoms with E-state index in [0.29, 0.717) is 0 Å². The summed E-state index contributed by atoms with van der Waals surface area (Å²) in [5.41, 5.74) is 0. The molecule has 2 aliphatic heterocycles. The van der Waals surface area contributed by atoms with E-state index in [9.17, 15) is 0 Å². The third kappa shape index (κ3) is 3.96. The van der Waals surface area contributed by atoms with Crippen molar-refractivity contribution in [1.82, 2.24) is 9.80 Å². The van der Waals surface area contributed by atoms with Crippen LogP contribution in [0.1, 0.15) is 33.1 Å². The van der Waals surface area contributed by atoms with Crippen molar-refractivity contribution in [3.63, 3.8) is 0 Å². The molecular weight excluding hydrogens is 184 g/mol. The van der Waals surface area contributed by atoms with Crippen molar-refractivity contribution in [2.45, 2.75) is 39.2 Å². The van der Waals surface area contributed by atoms with Crippen molar-refractivity contribution in [3.05, 3.63) is 12.2 Å². The molecule has 0 bridgehead atoms. The largest absolute Gasteiger partial charge is 0.306 e. The van der Waals surface area contributed by atoms with Crippen LogP contribution in [0.15, 0.2) is 12.2 Å². The van der Waals surface area contributed by atoms with Gasteiger partial charge in [0.1, 0.15) is 0 Å². The molecule has 2 nitrogen and oxygen atoms in total. The first-order valence-electron chi connectivity index (χ1n) is 6.44. The highest BCUT2D eigenvalue weighted by Gasteiger charge is 2.22. The van der Waals surface area contributed by atoms with Crippen LogP contribution in [0.5, 0.6) is 0 Å². The van der Waals surface area contributed by atoms with E-state index >= 15 is 0 Å². The Hall–Kier alpha value is -0.340. The van der Waals surface area contributed by atoms with E-state index in [-0.39, 0.29) is 0 Å². The van der Waals surface area contributed by atoms with Crippen molar-refractivity contribution in [2.24, 2.45) is 0 Å². The van der Waals surface area contributed by atoms with Crippen LogP contribution in [0.3, 0.4) is 0 Å². The molecule has 15 heavy (non-hydrogen) atoms. The minimum atomic E-state index is 0.862. The van der Waals surface area contributed by atoms with Gasteiger partial charge in [-0.25, -0.2) is 0 Å². The fourth-order valence-electron chi connectivity index (χ4n) is 2.35. The molecule has 0 aromatic rings. The highest BCUT2D eigenvalue weighted by molar-refractivity contribution is 4.93. The van der Waals surface area contributed by atoms with E-state index in [4.69, 9.17) is 0 Å². The minimum Gasteiger partial charge on any atom is -0.306 e. The molecule has 2 aliphatic rings. The van der Waals surface area contributed by atoms with Crippen LogP contribution >= 0.6 is 0 Å². The number of rotatable bonds is 1. The molecule has 0 saturated carbocycles. The van der Waals surface area contributed by atoms with Crippen molar-refractivity contribution >= 4 is 0 Å². The summed E-state index contributed by atoms with van der Waals surface area (Å²) in [6.45, 7) is 9.04. The Morgan fingerprint density at radius 1 is 1.00 bits per heavy atom. The number of likely N-dealkylation sites (tertiary alicyclic amines) is 1. The van der Waals surface area contributed by atoms with E-state index in [1.54, 1.807) is 0 Å². The standard InChI is InChI=1S/C11H20N2.C2H6/c1-12-9-5-11(6-10-12)13-7-3-2-4-8-13;1-2/h2-3,11H,4-10H2,1H3;1-2H3. The maximum atomic E-state index is 2.65. The van der Waals surface area contributed by atoms with Gasteiger partial charge >= 0.3 is 0 Å². The van der Waals surface area contributed by atoms with Crippen LogP contribution in [0, 0.1) is 0 Å². The third-order valence-corrected chi connectivity index (χ3v) is 3.29. The first kappa shape index (κ1) is 12.7. The van der Waals surface area contributed by atoms with Gasteiger partial charge in [0.15, 0.2) is 0 Å². The molecule has 0 amide bonds. The Morgan fingerprint density at radius 2 is 1.67 bits per heavy atom. The summed E-state index contributed by atoms with van der Waals surface area (Å²) < 4.78 is 0. The summed E-state index contributed by atoms with van der Waals surface area (Å²) in [5.74, 6) is 0. The van der Waals surface area contributed by atoms with Gasteiger partial charge in [0.05, 0.1) is 0 Å². The van der Waals surface area contributed by atoms with Gasteiger partial charge in [0, 0.05) is 19.1 Å². The molecule has 2 rings (SSSR count). The summed E-state index contributed by atoms with van der Waals surface area (Å²) in [5, 5.41) is 0. The lowest BCUT2D eigenvalue weighted by atomic mass is 10.0. The van der Waals surface area contributed by atoms with E-state index in [2.05, 4.69) is 29.0 Å². The molecule has 1 fully saturated rings. The molecule has 1 saturated heterocycles. The van der Waals surface area contributed by atoms with Crippen LogP contribution in [0.25, 0.3) is 0 Å². The molecule has 88 valence electrons. The summed E-state index contributed by atoms with van der Waals surface area (Å²) in [4.78, 5) is 5.09.